The Bertz CT molecular complexity index is 811. The lowest BCUT2D eigenvalue weighted by atomic mass is 9.93. The highest BCUT2D eigenvalue weighted by Gasteiger charge is 2.12. The van der Waals surface area contributed by atoms with Gasteiger partial charge in [0.1, 0.15) is 0 Å². The number of hydrogen-bond acceptors (Lipinski definition) is 3. The van der Waals surface area contributed by atoms with E-state index in [-0.39, 0.29) is 5.54 Å². The largest absolute Gasteiger partial charge is 0.285 e. The average Bonchev–Trinajstić information content (AvgIpc) is 2.56. The van der Waals surface area contributed by atoms with Crippen LogP contribution in [0.15, 0.2) is 40.3 Å². The van der Waals surface area contributed by atoms with Crippen LogP contribution in [-0.2, 0) is 0 Å². The normalized spacial score (nSPS) is 12.8. The first-order chi connectivity index (χ1) is 12.6. The van der Waals surface area contributed by atoms with Crippen molar-refractivity contribution in [2.24, 2.45) is 9.98 Å². The Morgan fingerprint density at radius 1 is 0.889 bits per heavy atom. The van der Waals surface area contributed by atoms with Crippen molar-refractivity contribution in [2.75, 3.05) is 0 Å². The minimum Gasteiger partial charge on any atom is -0.285 e. The topological polar surface area (TPSA) is 37.6 Å². The quantitative estimate of drug-likeness (QED) is 0.551. The summed E-state index contributed by atoms with van der Waals surface area (Å²) in [6.45, 7) is 17.2. The van der Waals surface area contributed by atoms with Crippen molar-refractivity contribution < 1.29 is 0 Å². The number of para-hydroxylation sites is 1. The summed E-state index contributed by atoms with van der Waals surface area (Å²) >= 11 is 0. The maximum Gasteiger partial charge on any atom is 0.0823 e. The molecular formula is C24H33N3. The van der Waals surface area contributed by atoms with Crippen LogP contribution in [0.2, 0.25) is 0 Å². The van der Waals surface area contributed by atoms with E-state index in [1.165, 1.54) is 11.1 Å². The molecule has 0 amide bonds. The van der Waals surface area contributed by atoms with Gasteiger partial charge in [-0.2, -0.15) is 0 Å². The maximum absolute atomic E-state index is 4.88. The summed E-state index contributed by atoms with van der Waals surface area (Å²) < 4.78 is 0. The minimum absolute atomic E-state index is 0.109. The molecule has 0 unspecified atom stereocenters. The number of hydrogen-bond donors (Lipinski definition) is 0. The molecule has 0 atom stereocenters. The van der Waals surface area contributed by atoms with Crippen molar-refractivity contribution >= 4 is 18.1 Å². The number of aromatic nitrogens is 1. The Labute approximate surface area is 164 Å². The minimum atomic E-state index is -0.109. The second-order valence-electron chi connectivity index (χ2n) is 8.78. The van der Waals surface area contributed by atoms with Gasteiger partial charge in [-0.05, 0) is 68.4 Å². The number of aryl methyl sites for hydroxylation is 1. The van der Waals surface area contributed by atoms with E-state index in [0.717, 1.165) is 22.6 Å². The second kappa shape index (κ2) is 8.60. The molecule has 0 bridgehead atoms. The molecule has 2 aromatic rings. The molecule has 1 heterocycles. The first-order valence-electron chi connectivity index (χ1n) is 9.77. The van der Waals surface area contributed by atoms with Crippen molar-refractivity contribution in [2.45, 2.75) is 72.8 Å². The molecule has 0 aliphatic heterocycles. The van der Waals surface area contributed by atoms with Crippen molar-refractivity contribution in [3.63, 3.8) is 0 Å². The zero-order chi connectivity index (χ0) is 20.2. The Kier molecular flexibility index (Phi) is 6.69. The molecule has 3 nitrogen and oxygen atoms in total. The summed E-state index contributed by atoms with van der Waals surface area (Å²) in [5.74, 6) is 0.853. The van der Waals surface area contributed by atoms with Crippen LogP contribution in [0.5, 0.6) is 0 Å². The molecule has 144 valence electrons. The van der Waals surface area contributed by atoms with Crippen LogP contribution >= 0.6 is 0 Å². The fourth-order valence-corrected chi connectivity index (χ4v) is 2.91. The first kappa shape index (κ1) is 21.0. The van der Waals surface area contributed by atoms with E-state index in [4.69, 9.17) is 9.98 Å². The number of rotatable bonds is 5. The molecule has 0 radical (unpaired) electrons. The van der Waals surface area contributed by atoms with Crippen LogP contribution in [0, 0.1) is 6.92 Å². The summed E-state index contributed by atoms with van der Waals surface area (Å²) in [5, 5.41) is 0. The number of nitrogens with zero attached hydrogens (tertiary/aromatic N) is 3. The van der Waals surface area contributed by atoms with Crippen molar-refractivity contribution in [1.29, 1.82) is 0 Å². The third-order valence-electron chi connectivity index (χ3n) is 4.26. The third-order valence-corrected chi connectivity index (χ3v) is 4.26. The van der Waals surface area contributed by atoms with Gasteiger partial charge in [0, 0.05) is 6.21 Å². The molecule has 0 aliphatic carbocycles. The summed E-state index contributed by atoms with van der Waals surface area (Å²) in [4.78, 5) is 14.2. The fourth-order valence-electron chi connectivity index (χ4n) is 2.91. The summed E-state index contributed by atoms with van der Waals surface area (Å²) in [6.07, 6.45) is 3.74. The van der Waals surface area contributed by atoms with Crippen molar-refractivity contribution in [3.05, 3.63) is 58.4 Å². The first-order valence-corrected chi connectivity index (χ1v) is 9.77. The number of aliphatic imine (C=N–C) groups is 2. The zero-order valence-electron chi connectivity index (χ0n) is 18.0. The van der Waals surface area contributed by atoms with E-state index in [0.29, 0.717) is 11.8 Å². The highest BCUT2D eigenvalue weighted by Crippen LogP contribution is 2.34. The molecule has 0 saturated carbocycles. The highest BCUT2D eigenvalue weighted by molar-refractivity contribution is 5.84. The molecule has 27 heavy (non-hydrogen) atoms. The van der Waals surface area contributed by atoms with Gasteiger partial charge in [-0.3, -0.25) is 9.98 Å². The Morgan fingerprint density at radius 3 is 1.89 bits per heavy atom. The lowest BCUT2D eigenvalue weighted by Gasteiger charge is -2.16. The van der Waals surface area contributed by atoms with Crippen molar-refractivity contribution in [1.82, 2.24) is 4.98 Å². The van der Waals surface area contributed by atoms with Gasteiger partial charge in [-0.15, -0.1) is 0 Å². The molecule has 0 spiro atoms. The molecule has 0 saturated heterocycles. The SMILES string of the molecule is Cc1cc(C=Nc2c(C(C)C)cccc2C(C)C)nc(C=NC(C)(C)C)c1. The van der Waals surface area contributed by atoms with Gasteiger partial charge in [0.05, 0.1) is 28.8 Å². The summed E-state index contributed by atoms with van der Waals surface area (Å²) in [6, 6.07) is 10.6. The monoisotopic (exact) mass is 363 g/mol. The molecule has 1 aromatic carbocycles. The van der Waals surface area contributed by atoms with Crippen LogP contribution in [0.4, 0.5) is 5.69 Å². The van der Waals surface area contributed by atoms with E-state index >= 15 is 0 Å². The highest BCUT2D eigenvalue weighted by atomic mass is 14.8. The van der Waals surface area contributed by atoms with Crippen LogP contribution in [-0.4, -0.2) is 23.0 Å². The molecule has 0 N–H and O–H groups in total. The maximum atomic E-state index is 4.88. The van der Waals surface area contributed by atoms with E-state index < -0.39 is 0 Å². The van der Waals surface area contributed by atoms with E-state index in [2.05, 4.69) is 84.6 Å². The lowest BCUT2D eigenvalue weighted by molar-refractivity contribution is 0.586. The molecule has 0 fully saturated rings. The average molecular weight is 364 g/mol. The van der Waals surface area contributed by atoms with E-state index in [9.17, 15) is 0 Å². The Balaban J connectivity index is 2.44. The van der Waals surface area contributed by atoms with Gasteiger partial charge in [0.15, 0.2) is 0 Å². The molecule has 2 rings (SSSR count). The predicted molar refractivity (Wildman–Crippen MR) is 118 cm³/mol. The Hall–Kier alpha value is -2.29. The van der Waals surface area contributed by atoms with Crippen LogP contribution in [0.1, 0.15) is 88.4 Å². The van der Waals surface area contributed by atoms with E-state index in [1.54, 1.807) is 0 Å². The van der Waals surface area contributed by atoms with Gasteiger partial charge >= 0.3 is 0 Å². The molecule has 1 aromatic heterocycles. The van der Waals surface area contributed by atoms with Crippen LogP contribution in [0.25, 0.3) is 0 Å². The van der Waals surface area contributed by atoms with Gasteiger partial charge in [0.25, 0.3) is 0 Å². The second-order valence-corrected chi connectivity index (χ2v) is 8.78. The summed E-state index contributed by atoms with van der Waals surface area (Å²) in [5.41, 5.74) is 6.41. The Morgan fingerprint density at radius 2 is 1.41 bits per heavy atom. The van der Waals surface area contributed by atoms with Gasteiger partial charge in [0.2, 0.25) is 0 Å². The smallest absolute Gasteiger partial charge is 0.0823 e. The number of benzene rings is 1. The third kappa shape index (κ3) is 6.13. The standard InChI is InChI=1S/C24H33N3/c1-16(2)21-10-9-11-22(17(3)4)23(21)25-14-19-12-18(5)13-20(27-19)15-26-24(6,7)8/h9-17H,1-8H3. The summed E-state index contributed by atoms with van der Waals surface area (Å²) in [7, 11) is 0. The fraction of sp³-hybridized carbons (Fsp3) is 0.458. The molecule has 3 heteroatoms. The van der Waals surface area contributed by atoms with Crippen LogP contribution in [0.3, 0.4) is 0 Å². The van der Waals surface area contributed by atoms with E-state index in [1.807, 2.05) is 18.5 Å². The van der Waals surface area contributed by atoms with Gasteiger partial charge in [-0.1, -0.05) is 45.9 Å². The zero-order valence-corrected chi connectivity index (χ0v) is 18.0. The van der Waals surface area contributed by atoms with Gasteiger partial charge in [-0.25, -0.2) is 4.98 Å². The van der Waals surface area contributed by atoms with Gasteiger partial charge < -0.3 is 0 Å². The van der Waals surface area contributed by atoms with Crippen LogP contribution < -0.4 is 0 Å². The lowest BCUT2D eigenvalue weighted by Crippen LogP contribution is -2.10. The molecule has 0 aliphatic rings. The predicted octanol–water partition coefficient (Wildman–Crippen LogP) is 6.60. The number of pyridine rings is 1. The molecular weight excluding hydrogens is 330 g/mol. The van der Waals surface area contributed by atoms with Crippen molar-refractivity contribution in [3.8, 4) is 0 Å².